The molecular formula is C19H24ClN2O3+. The van der Waals surface area contributed by atoms with Crippen LogP contribution in [0.15, 0.2) is 24.3 Å². The van der Waals surface area contributed by atoms with E-state index in [9.17, 15) is 9.59 Å². The number of aromatic nitrogens is 1. The van der Waals surface area contributed by atoms with Gasteiger partial charge in [0.15, 0.2) is 6.04 Å². The summed E-state index contributed by atoms with van der Waals surface area (Å²) in [5, 5.41) is 0.693. The fraction of sp³-hybridized carbons (Fsp3) is 0.368. The van der Waals surface area contributed by atoms with Crippen LogP contribution in [0.4, 0.5) is 0 Å². The lowest BCUT2D eigenvalue weighted by molar-refractivity contribution is -0.907. The molecule has 0 aliphatic carbocycles. The molecule has 2 atom stereocenters. The van der Waals surface area contributed by atoms with Crippen molar-refractivity contribution in [3.05, 3.63) is 57.4 Å². The predicted octanol–water partition coefficient (Wildman–Crippen LogP) is 2.36. The molecule has 1 heterocycles. The summed E-state index contributed by atoms with van der Waals surface area (Å²) in [5.74, 6) is -0.456. The molecule has 0 saturated heterocycles. The third-order valence-corrected chi connectivity index (χ3v) is 4.85. The number of quaternary nitrogens is 1. The first kappa shape index (κ1) is 19.2. The Labute approximate surface area is 152 Å². The number of hydrogen-bond donors (Lipinski definition) is 2. The minimum absolute atomic E-state index is 0.0257. The summed E-state index contributed by atoms with van der Waals surface area (Å²) >= 11 is 5.91. The van der Waals surface area contributed by atoms with Gasteiger partial charge in [-0.25, -0.2) is 4.79 Å². The molecule has 5 nitrogen and oxygen atoms in total. The number of likely N-dealkylation sites (N-methyl/N-ethyl adjacent to an activating group) is 1. The number of methoxy groups -OCH3 is 1. The van der Waals surface area contributed by atoms with Gasteiger partial charge in [0.2, 0.25) is 5.78 Å². The Hall–Kier alpha value is -2.11. The summed E-state index contributed by atoms with van der Waals surface area (Å²) in [6.07, 6.45) is 0. The van der Waals surface area contributed by atoms with Crippen LogP contribution in [0.3, 0.4) is 0 Å². The van der Waals surface area contributed by atoms with Crippen molar-refractivity contribution in [2.24, 2.45) is 0 Å². The second kappa shape index (κ2) is 7.85. The van der Waals surface area contributed by atoms with E-state index < -0.39 is 5.97 Å². The van der Waals surface area contributed by atoms with Crippen molar-refractivity contribution in [1.82, 2.24) is 4.98 Å². The Balaban J connectivity index is 2.19. The van der Waals surface area contributed by atoms with E-state index in [1.165, 1.54) is 7.11 Å². The molecule has 0 spiro atoms. The molecule has 0 radical (unpaired) electrons. The number of esters is 1. The van der Waals surface area contributed by atoms with Gasteiger partial charge in [0.25, 0.3) is 0 Å². The third-order valence-electron chi connectivity index (χ3n) is 4.60. The number of aryl methyl sites for hydroxylation is 1. The van der Waals surface area contributed by atoms with Crippen molar-refractivity contribution < 1.29 is 19.2 Å². The van der Waals surface area contributed by atoms with E-state index in [2.05, 4.69) is 4.98 Å². The van der Waals surface area contributed by atoms with Gasteiger partial charge in [0, 0.05) is 16.3 Å². The SMILES string of the molecule is COC(=O)c1c(C)[nH]c(C(=O)[C@H](C)[NH+](C)Cc2ccc(Cl)cc2)c1C. The zero-order valence-electron chi connectivity index (χ0n) is 15.2. The normalized spacial score (nSPS) is 13.4. The van der Waals surface area contributed by atoms with Crippen LogP contribution >= 0.6 is 11.6 Å². The number of carbonyl (C=O) groups is 2. The highest BCUT2D eigenvalue weighted by Gasteiger charge is 2.29. The first-order chi connectivity index (χ1) is 11.8. The monoisotopic (exact) mass is 363 g/mol. The van der Waals surface area contributed by atoms with Gasteiger partial charge in [-0.3, -0.25) is 4.79 Å². The Kier molecular flexibility index (Phi) is 6.03. The quantitative estimate of drug-likeness (QED) is 0.611. The number of nitrogens with one attached hydrogen (secondary N) is 2. The van der Waals surface area contributed by atoms with Gasteiger partial charge >= 0.3 is 5.97 Å². The molecule has 1 aromatic heterocycles. The maximum absolute atomic E-state index is 12.9. The van der Waals surface area contributed by atoms with Crippen LogP contribution in [0, 0.1) is 13.8 Å². The number of benzene rings is 1. The average molecular weight is 364 g/mol. The average Bonchev–Trinajstić information content (AvgIpc) is 2.89. The smallest absolute Gasteiger partial charge is 0.339 e. The van der Waals surface area contributed by atoms with E-state index >= 15 is 0 Å². The standard InChI is InChI=1S/C19H23ClN2O3/c1-11-16(19(24)25-5)12(2)21-17(11)18(23)13(3)22(4)10-14-6-8-15(20)9-7-14/h6-9,13,21H,10H2,1-5H3/p+1/t13-/m0/s1. The molecule has 2 N–H and O–H groups in total. The molecule has 2 aromatic rings. The summed E-state index contributed by atoms with van der Waals surface area (Å²) < 4.78 is 4.80. The number of rotatable bonds is 6. The molecule has 25 heavy (non-hydrogen) atoms. The van der Waals surface area contributed by atoms with Crippen LogP contribution in [0.25, 0.3) is 0 Å². The molecule has 134 valence electrons. The Morgan fingerprint density at radius 1 is 1.24 bits per heavy atom. The van der Waals surface area contributed by atoms with Crippen LogP contribution in [0.1, 0.15) is 44.6 Å². The maximum Gasteiger partial charge on any atom is 0.339 e. The fourth-order valence-electron chi connectivity index (χ4n) is 2.92. The summed E-state index contributed by atoms with van der Waals surface area (Å²) in [6.45, 7) is 6.13. The van der Waals surface area contributed by atoms with E-state index in [0.717, 1.165) is 10.5 Å². The number of Topliss-reactive ketones (excluding diaryl/α,β-unsaturated/α-hetero) is 1. The minimum Gasteiger partial charge on any atom is -0.465 e. The number of aromatic amines is 1. The van der Waals surface area contributed by atoms with Gasteiger partial charge in [-0.1, -0.05) is 23.7 Å². The van der Waals surface area contributed by atoms with Gasteiger partial charge < -0.3 is 14.6 Å². The lowest BCUT2D eigenvalue weighted by Crippen LogP contribution is -3.12. The summed E-state index contributed by atoms with van der Waals surface area (Å²) in [7, 11) is 3.31. The molecule has 6 heteroatoms. The van der Waals surface area contributed by atoms with E-state index in [0.29, 0.717) is 34.1 Å². The second-order valence-electron chi connectivity index (χ2n) is 6.35. The van der Waals surface area contributed by atoms with Crippen molar-refractivity contribution >= 4 is 23.4 Å². The van der Waals surface area contributed by atoms with E-state index in [4.69, 9.17) is 16.3 Å². The molecule has 0 aliphatic rings. The maximum atomic E-state index is 12.9. The second-order valence-corrected chi connectivity index (χ2v) is 6.79. The van der Waals surface area contributed by atoms with Gasteiger partial charge in [0.05, 0.1) is 25.4 Å². The Morgan fingerprint density at radius 2 is 1.84 bits per heavy atom. The van der Waals surface area contributed by atoms with Crippen molar-refractivity contribution in [1.29, 1.82) is 0 Å². The highest BCUT2D eigenvalue weighted by atomic mass is 35.5. The Bertz CT molecular complexity index is 781. The van der Waals surface area contributed by atoms with Gasteiger partial charge in [-0.05, 0) is 38.5 Å². The van der Waals surface area contributed by atoms with Gasteiger partial charge in [-0.15, -0.1) is 0 Å². The molecule has 2 rings (SSSR count). The minimum atomic E-state index is -0.431. The lowest BCUT2D eigenvalue weighted by Gasteiger charge is -2.20. The molecular weight excluding hydrogens is 340 g/mol. The Morgan fingerprint density at radius 3 is 2.40 bits per heavy atom. The molecule has 0 aliphatic heterocycles. The third kappa shape index (κ3) is 4.11. The zero-order chi connectivity index (χ0) is 18.7. The van der Waals surface area contributed by atoms with Crippen LogP contribution in [0.5, 0.6) is 0 Å². The zero-order valence-corrected chi connectivity index (χ0v) is 16.0. The lowest BCUT2D eigenvalue weighted by atomic mass is 10.0. The van der Waals surface area contributed by atoms with E-state index in [1.807, 2.05) is 38.2 Å². The van der Waals surface area contributed by atoms with Crippen molar-refractivity contribution in [2.45, 2.75) is 33.4 Å². The number of ether oxygens (including phenoxy) is 1. The van der Waals surface area contributed by atoms with E-state index in [1.54, 1.807) is 13.8 Å². The summed E-state index contributed by atoms with van der Waals surface area (Å²) in [5.41, 5.74) is 3.31. The number of ketones is 1. The van der Waals surface area contributed by atoms with Gasteiger partial charge in [0.1, 0.15) is 6.54 Å². The molecule has 1 aromatic carbocycles. The molecule has 1 unspecified atom stereocenters. The number of hydrogen-bond acceptors (Lipinski definition) is 3. The van der Waals surface area contributed by atoms with Crippen LogP contribution in [-0.4, -0.2) is 36.9 Å². The van der Waals surface area contributed by atoms with Crippen LogP contribution in [-0.2, 0) is 11.3 Å². The van der Waals surface area contributed by atoms with Crippen molar-refractivity contribution in [3.63, 3.8) is 0 Å². The molecule has 0 fully saturated rings. The number of halogens is 1. The van der Waals surface area contributed by atoms with Crippen LogP contribution in [0.2, 0.25) is 5.02 Å². The highest BCUT2D eigenvalue weighted by molar-refractivity contribution is 6.30. The predicted molar refractivity (Wildman–Crippen MR) is 97.4 cm³/mol. The first-order valence-electron chi connectivity index (χ1n) is 8.14. The number of H-pyrrole nitrogens is 1. The van der Waals surface area contributed by atoms with Crippen molar-refractivity contribution in [2.75, 3.05) is 14.2 Å². The highest BCUT2D eigenvalue weighted by Crippen LogP contribution is 2.20. The van der Waals surface area contributed by atoms with Gasteiger partial charge in [-0.2, -0.15) is 0 Å². The molecule has 0 amide bonds. The largest absolute Gasteiger partial charge is 0.465 e. The fourth-order valence-corrected chi connectivity index (χ4v) is 3.05. The molecule has 0 saturated carbocycles. The summed E-state index contributed by atoms with van der Waals surface area (Å²) in [6, 6.07) is 7.35. The van der Waals surface area contributed by atoms with E-state index in [-0.39, 0.29) is 11.8 Å². The number of carbonyl (C=O) groups excluding carboxylic acids is 2. The topological polar surface area (TPSA) is 63.6 Å². The van der Waals surface area contributed by atoms with Crippen LogP contribution < -0.4 is 4.90 Å². The first-order valence-corrected chi connectivity index (χ1v) is 8.52. The molecule has 0 bridgehead atoms. The summed E-state index contributed by atoms with van der Waals surface area (Å²) in [4.78, 5) is 28.9. The van der Waals surface area contributed by atoms with Crippen molar-refractivity contribution in [3.8, 4) is 0 Å².